The molecule has 2 unspecified atom stereocenters. The molecule has 0 aliphatic carbocycles. The molecule has 2 atom stereocenters. The van der Waals surface area contributed by atoms with Gasteiger partial charge in [0.2, 0.25) is 0 Å². The number of rotatable bonds is 2. The minimum atomic E-state index is -0.130. The van der Waals surface area contributed by atoms with Crippen molar-refractivity contribution in [2.45, 2.75) is 31.8 Å². The number of carbonyl (C=O) groups excluding carboxylic acids is 1. The molecule has 1 aromatic heterocycles. The van der Waals surface area contributed by atoms with Crippen LogP contribution in [0.25, 0.3) is 10.9 Å². The molecule has 4 heteroatoms. The molecule has 0 amide bonds. The summed E-state index contributed by atoms with van der Waals surface area (Å²) >= 11 is 0. The summed E-state index contributed by atoms with van der Waals surface area (Å²) in [5, 5.41) is 3.36. The highest BCUT2D eigenvalue weighted by molar-refractivity contribution is 5.86. The third-order valence-corrected chi connectivity index (χ3v) is 4.05. The van der Waals surface area contributed by atoms with Gasteiger partial charge < -0.3 is 15.0 Å². The number of quaternary nitrogens is 1. The highest BCUT2D eigenvalue weighted by atomic mass is 16.5. The van der Waals surface area contributed by atoms with Gasteiger partial charge in [-0.2, -0.15) is 0 Å². The average molecular weight is 259 g/mol. The maximum absolute atomic E-state index is 11.8. The fourth-order valence-corrected chi connectivity index (χ4v) is 3.08. The lowest BCUT2D eigenvalue weighted by molar-refractivity contribution is -0.721. The Balaban J connectivity index is 2.09. The molecule has 1 aliphatic rings. The van der Waals surface area contributed by atoms with Gasteiger partial charge >= 0.3 is 5.97 Å². The number of esters is 1. The lowest BCUT2D eigenvalue weighted by Gasteiger charge is -2.25. The minimum Gasteiger partial charge on any atom is -0.465 e. The smallest absolute Gasteiger partial charge is 0.364 e. The van der Waals surface area contributed by atoms with E-state index in [1.54, 1.807) is 0 Å². The Morgan fingerprint density at radius 1 is 1.47 bits per heavy atom. The first kappa shape index (κ1) is 12.2. The van der Waals surface area contributed by atoms with E-state index in [4.69, 9.17) is 4.74 Å². The predicted molar refractivity (Wildman–Crippen MR) is 72.8 cm³/mol. The van der Waals surface area contributed by atoms with E-state index in [-0.39, 0.29) is 12.0 Å². The molecule has 19 heavy (non-hydrogen) atoms. The quantitative estimate of drug-likeness (QED) is 0.798. The second-order valence-corrected chi connectivity index (χ2v) is 5.10. The van der Waals surface area contributed by atoms with Gasteiger partial charge in [-0.15, -0.1) is 0 Å². The number of aromatic nitrogens is 1. The van der Waals surface area contributed by atoms with Crippen LogP contribution in [0.4, 0.5) is 0 Å². The van der Waals surface area contributed by atoms with Crippen molar-refractivity contribution in [3.63, 3.8) is 0 Å². The van der Waals surface area contributed by atoms with E-state index in [9.17, 15) is 4.79 Å². The molecule has 4 nitrogen and oxygen atoms in total. The van der Waals surface area contributed by atoms with Crippen LogP contribution in [0.5, 0.6) is 0 Å². The van der Waals surface area contributed by atoms with Crippen LogP contribution in [0, 0.1) is 0 Å². The molecule has 0 radical (unpaired) electrons. The summed E-state index contributed by atoms with van der Waals surface area (Å²) < 4.78 is 4.91. The van der Waals surface area contributed by atoms with Gasteiger partial charge in [0.25, 0.3) is 0 Å². The number of hydrogen-bond donors (Lipinski definition) is 2. The maximum Gasteiger partial charge on any atom is 0.364 e. The van der Waals surface area contributed by atoms with E-state index in [1.165, 1.54) is 23.8 Å². The Morgan fingerprint density at radius 3 is 3.00 bits per heavy atom. The van der Waals surface area contributed by atoms with Gasteiger partial charge in [0, 0.05) is 23.7 Å². The van der Waals surface area contributed by atoms with Crippen LogP contribution in [-0.4, -0.2) is 24.1 Å². The fraction of sp³-hybridized carbons (Fsp3) is 0.400. The van der Waals surface area contributed by atoms with E-state index >= 15 is 0 Å². The number of hydrogen-bond acceptors (Lipinski definition) is 2. The number of carbonyl (C=O) groups is 1. The average Bonchev–Trinajstić information content (AvgIpc) is 2.84. The molecule has 0 bridgehead atoms. The van der Waals surface area contributed by atoms with Gasteiger partial charge in [-0.25, -0.2) is 4.79 Å². The molecule has 1 aromatic carbocycles. The monoisotopic (exact) mass is 259 g/mol. The van der Waals surface area contributed by atoms with E-state index in [2.05, 4.69) is 29.4 Å². The first-order chi connectivity index (χ1) is 9.24. The highest BCUT2D eigenvalue weighted by Crippen LogP contribution is 2.30. The Kier molecular flexibility index (Phi) is 3.03. The summed E-state index contributed by atoms with van der Waals surface area (Å²) in [6.45, 7) is 2.15. The van der Waals surface area contributed by atoms with Crippen LogP contribution in [0.1, 0.15) is 30.6 Å². The van der Waals surface area contributed by atoms with Gasteiger partial charge in [0.15, 0.2) is 6.04 Å². The minimum absolute atomic E-state index is 0.123. The Morgan fingerprint density at radius 2 is 2.26 bits per heavy atom. The molecular weight excluding hydrogens is 240 g/mol. The van der Waals surface area contributed by atoms with Gasteiger partial charge in [0.05, 0.1) is 12.8 Å². The van der Waals surface area contributed by atoms with Gasteiger partial charge in [-0.05, 0) is 11.6 Å². The topological polar surface area (TPSA) is 58.7 Å². The van der Waals surface area contributed by atoms with Crippen LogP contribution in [0.15, 0.2) is 24.3 Å². The van der Waals surface area contributed by atoms with Gasteiger partial charge in [-0.3, -0.25) is 0 Å². The van der Waals surface area contributed by atoms with Crippen molar-refractivity contribution in [2.75, 3.05) is 7.11 Å². The molecule has 1 aliphatic heterocycles. The van der Waals surface area contributed by atoms with Crippen LogP contribution < -0.4 is 5.32 Å². The van der Waals surface area contributed by atoms with Crippen molar-refractivity contribution >= 4 is 16.9 Å². The van der Waals surface area contributed by atoms with Crippen molar-refractivity contribution in [3.05, 3.63) is 35.5 Å². The van der Waals surface area contributed by atoms with Crippen molar-refractivity contribution < 1.29 is 14.8 Å². The third kappa shape index (κ3) is 1.92. The molecular formula is C15H19N2O2+. The van der Waals surface area contributed by atoms with Crippen LogP contribution in [0.2, 0.25) is 0 Å². The van der Waals surface area contributed by atoms with Crippen molar-refractivity contribution in [2.24, 2.45) is 0 Å². The largest absolute Gasteiger partial charge is 0.465 e. The number of aromatic amines is 1. The summed E-state index contributed by atoms with van der Waals surface area (Å²) in [5.74, 6) is -0.130. The lowest BCUT2D eigenvalue weighted by Crippen LogP contribution is -2.94. The number of fused-ring (bicyclic) bond motifs is 3. The summed E-state index contributed by atoms with van der Waals surface area (Å²) in [5.41, 5.74) is 3.70. The number of ether oxygens (including phenoxy) is 1. The van der Waals surface area contributed by atoms with Gasteiger partial charge in [0.1, 0.15) is 6.04 Å². The molecule has 100 valence electrons. The number of methoxy groups -OCH3 is 1. The molecule has 2 aromatic rings. The normalized spacial score (nSPS) is 22.2. The van der Waals surface area contributed by atoms with Crippen molar-refractivity contribution in [1.82, 2.24) is 4.98 Å². The molecule has 3 N–H and O–H groups in total. The molecule has 0 saturated heterocycles. The zero-order chi connectivity index (χ0) is 13.4. The predicted octanol–water partition coefficient (Wildman–Crippen LogP) is 1.28. The Hall–Kier alpha value is -1.81. The van der Waals surface area contributed by atoms with Crippen LogP contribution >= 0.6 is 0 Å². The Labute approximate surface area is 112 Å². The fourth-order valence-electron chi connectivity index (χ4n) is 3.08. The highest BCUT2D eigenvalue weighted by Gasteiger charge is 2.36. The molecule has 0 spiro atoms. The third-order valence-electron chi connectivity index (χ3n) is 4.05. The van der Waals surface area contributed by atoms with E-state index in [0.717, 1.165) is 18.4 Å². The Bertz CT molecular complexity index is 618. The number of H-pyrrole nitrogens is 1. The zero-order valence-corrected chi connectivity index (χ0v) is 11.3. The molecule has 0 fully saturated rings. The molecule has 0 saturated carbocycles. The maximum atomic E-state index is 11.8. The number of nitrogens with one attached hydrogen (secondary N) is 1. The standard InChI is InChI=1S/C15H18N2O2/c1-3-11-14-10(8-13(16-11)15(18)19-2)9-6-4-5-7-12(9)17-14/h4-7,11,13,16-17H,3,8H2,1-2H3/p+1. The number of benzene rings is 1. The molecule has 3 rings (SSSR count). The van der Waals surface area contributed by atoms with E-state index in [0.29, 0.717) is 6.04 Å². The van der Waals surface area contributed by atoms with Crippen molar-refractivity contribution in [1.29, 1.82) is 0 Å². The first-order valence-corrected chi connectivity index (χ1v) is 6.77. The van der Waals surface area contributed by atoms with Gasteiger partial charge in [-0.1, -0.05) is 25.1 Å². The summed E-state index contributed by atoms with van der Waals surface area (Å²) in [6.07, 6.45) is 1.73. The summed E-state index contributed by atoms with van der Waals surface area (Å²) in [6, 6.07) is 8.47. The van der Waals surface area contributed by atoms with E-state index < -0.39 is 0 Å². The summed E-state index contributed by atoms with van der Waals surface area (Å²) in [7, 11) is 1.46. The lowest BCUT2D eigenvalue weighted by atomic mass is 9.93. The molecule has 2 heterocycles. The number of nitrogens with two attached hydrogens (primary N) is 1. The second-order valence-electron chi connectivity index (χ2n) is 5.10. The summed E-state index contributed by atoms with van der Waals surface area (Å²) in [4.78, 5) is 15.3. The zero-order valence-electron chi connectivity index (χ0n) is 11.3. The van der Waals surface area contributed by atoms with Crippen LogP contribution in [-0.2, 0) is 16.0 Å². The number of para-hydroxylation sites is 1. The first-order valence-electron chi connectivity index (χ1n) is 6.77. The second kappa shape index (κ2) is 4.70. The van der Waals surface area contributed by atoms with E-state index in [1.807, 2.05) is 12.1 Å². The van der Waals surface area contributed by atoms with Crippen molar-refractivity contribution in [3.8, 4) is 0 Å². The SMILES string of the molecule is CCC1[NH2+]C(C(=O)OC)Cc2c1[nH]c1ccccc21. The van der Waals surface area contributed by atoms with Crippen LogP contribution in [0.3, 0.4) is 0 Å².